The molecule has 0 radical (unpaired) electrons. The molecule has 0 amide bonds. The Hall–Kier alpha value is -3.67. The molecule has 0 bridgehead atoms. The molecular formula is C35H32F4N2O2S3. The number of aromatic nitrogens is 2. The number of hydrogen-bond donors (Lipinski definition) is 0. The Labute approximate surface area is 278 Å². The van der Waals surface area contributed by atoms with Crippen LogP contribution in [0.15, 0.2) is 85.5 Å². The third-order valence-corrected chi connectivity index (χ3v) is 9.83. The predicted octanol–water partition coefficient (Wildman–Crippen LogP) is 12.4. The molecule has 4 nitrogen and oxygen atoms in total. The molecule has 2 aromatic heterocycles. The van der Waals surface area contributed by atoms with Crippen LogP contribution in [0.25, 0.3) is 41.7 Å². The summed E-state index contributed by atoms with van der Waals surface area (Å²) in [6.07, 6.45) is -4.48. The molecule has 5 aromatic rings. The first kappa shape index (κ1) is 33.7. The number of ether oxygens (including phenoxy) is 2. The van der Waals surface area contributed by atoms with Crippen molar-refractivity contribution in [3.05, 3.63) is 96.6 Å². The molecule has 46 heavy (non-hydrogen) atoms. The number of thioether (sulfide) groups is 1. The summed E-state index contributed by atoms with van der Waals surface area (Å²) in [7, 11) is 0. The van der Waals surface area contributed by atoms with E-state index in [-0.39, 0.29) is 24.3 Å². The van der Waals surface area contributed by atoms with Gasteiger partial charge in [0.15, 0.2) is 0 Å². The molecule has 0 N–H and O–H groups in total. The van der Waals surface area contributed by atoms with Crippen molar-refractivity contribution in [3.63, 3.8) is 0 Å². The third-order valence-electron chi connectivity index (χ3n) is 6.98. The largest absolute Gasteiger partial charge is 0.433 e. The summed E-state index contributed by atoms with van der Waals surface area (Å²) in [5, 5.41) is 0. The van der Waals surface area contributed by atoms with Gasteiger partial charge >= 0.3 is 12.2 Å². The first-order valence-corrected chi connectivity index (χ1v) is 17.1. The number of nitrogens with zero attached hydrogens (tertiary/aromatic N) is 2. The van der Waals surface area contributed by atoms with Crippen molar-refractivity contribution in [3.8, 4) is 32.4 Å². The first-order chi connectivity index (χ1) is 22.0. The SMILES string of the molecule is C=C(S/C(=C\C)c1ccc(OC(F)(F)CCC)cc1)c1ccc(-c2ccc(-c3ccc(OC(F)(F)CCC)cc3)s2)c2nsnc12. The van der Waals surface area contributed by atoms with Crippen LogP contribution in [0.2, 0.25) is 0 Å². The number of thiophene rings is 1. The van der Waals surface area contributed by atoms with E-state index in [4.69, 9.17) is 9.47 Å². The van der Waals surface area contributed by atoms with Crippen LogP contribution >= 0.6 is 34.8 Å². The van der Waals surface area contributed by atoms with Gasteiger partial charge in [0.25, 0.3) is 0 Å². The van der Waals surface area contributed by atoms with E-state index in [1.165, 1.54) is 11.8 Å². The summed E-state index contributed by atoms with van der Waals surface area (Å²) >= 11 is 4.16. The van der Waals surface area contributed by atoms with Crippen LogP contribution in [0.3, 0.4) is 0 Å². The van der Waals surface area contributed by atoms with Gasteiger partial charge in [-0.15, -0.1) is 11.3 Å². The van der Waals surface area contributed by atoms with Crippen molar-refractivity contribution in [2.75, 3.05) is 0 Å². The maximum Gasteiger partial charge on any atom is 0.397 e. The van der Waals surface area contributed by atoms with Crippen molar-refractivity contribution >= 4 is 55.7 Å². The number of alkyl halides is 4. The second-order valence-electron chi connectivity index (χ2n) is 10.5. The molecule has 0 unspecified atom stereocenters. The molecule has 2 heterocycles. The van der Waals surface area contributed by atoms with E-state index in [0.717, 1.165) is 64.6 Å². The Bertz CT molecular complexity index is 1830. The zero-order valence-electron chi connectivity index (χ0n) is 25.5. The molecule has 240 valence electrons. The van der Waals surface area contributed by atoms with Crippen molar-refractivity contribution in [1.82, 2.24) is 8.75 Å². The van der Waals surface area contributed by atoms with Crippen molar-refractivity contribution < 1.29 is 27.0 Å². The summed E-state index contributed by atoms with van der Waals surface area (Å²) in [6, 6.07) is 21.3. The summed E-state index contributed by atoms with van der Waals surface area (Å²) in [4.78, 5) is 3.65. The topological polar surface area (TPSA) is 44.2 Å². The molecule has 0 saturated carbocycles. The van der Waals surface area contributed by atoms with Gasteiger partial charge in [0, 0.05) is 30.7 Å². The van der Waals surface area contributed by atoms with Crippen molar-refractivity contribution in [2.24, 2.45) is 0 Å². The second-order valence-corrected chi connectivity index (χ2v) is 13.2. The maximum absolute atomic E-state index is 13.9. The van der Waals surface area contributed by atoms with E-state index in [0.29, 0.717) is 12.8 Å². The molecule has 0 atom stereocenters. The maximum atomic E-state index is 13.9. The molecule has 0 saturated heterocycles. The summed E-state index contributed by atoms with van der Waals surface area (Å²) in [6.45, 7) is 9.61. The highest BCUT2D eigenvalue weighted by Crippen LogP contribution is 2.44. The molecule has 11 heteroatoms. The van der Waals surface area contributed by atoms with Crippen LogP contribution in [-0.2, 0) is 0 Å². The molecule has 0 aliphatic carbocycles. The Morgan fingerprint density at radius 2 is 1.35 bits per heavy atom. The number of halogens is 4. The average Bonchev–Trinajstić information content (AvgIpc) is 3.71. The minimum Gasteiger partial charge on any atom is -0.433 e. The fourth-order valence-corrected chi connectivity index (χ4v) is 7.33. The van der Waals surface area contributed by atoms with Crippen LogP contribution in [0.1, 0.15) is 57.6 Å². The van der Waals surface area contributed by atoms with Crippen LogP contribution in [-0.4, -0.2) is 21.0 Å². The fourth-order valence-electron chi connectivity index (χ4n) is 4.80. The molecule has 0 aliphatic rings. The third kappa shape index (κ3) is 8.00. The molecule has 0 spiro atoms. The van der Waals surface area contributed by atoms with Gasteiger partial charge in [-0.25, -0.2) is 0 Å². The Balaban J connectivity index is 1.31. The molecular weight excluding hydrogens is 653 g/mol. The van der Waals surface area contributed by atoms with E-state index < -0.39 is 12.2 Å². The van der Waals surface area contributed by atoms with Gasteiger partial charge in [-0.2, -0.15) is 26.3 Å². The van der Waals surface area contributed by atoms with Crippen molar-refractivity contribution in [1.29, 1.82) is 0 Å². The van der Waals surface area contributed by atoms with E-state index in [9.17, 15) is 17.6 Å². The summed E-state index contributed by atoms with van der Waals surface area (Å²) in [5.74, 6) is 0.240. The lowest BCUT2D eigenvalue weighted by Gasteiger charge is -2.17. The number of hydrogen-bond acceptors (Lipinski definition) is 7. The minimum absolute atomic E-state index is 0.113. The standard InChI is InChI=1S/C35H32F4N2O2S3/c1-5-20-34(36,37)42-25-12-8-23(9-13-25)29(7-3)44-22(4)27-16-17-28(33-32(27)40-46-41-33)31-19-18-30(45-31)24-10-14-26(15-11-24)43-35(38,39)21-6-2/h7-19H,4-6,20-21H2,1-3H3/b29-7-. The highest BCUT2D eigenvalue weighted by atomic mass is 32.2. The summed E-state index contributed by atoms with van der Waals surface area (Å²) in [5.41, 5.74) is 5.03. The number of fused-ring (bicyclic) bond motifs is 1. The average molecular weight is 685 g/mol. The van der Waals surface area contributed by atoms with Gasteiger partial charge in [0.1, 0.15) is 22.5 Å². The quantitative estimate of drug-likeness (QED) is 0.109. The van der Waals surface area contributed by atoms with E-state index in [1.54, 1.807) is 73.7 Å². The molecule has 5 rings (SSSR count). The van der Waals surface area contributed by atoms with Gasteiger partial charge in [0.05, 0.1) is 24.6 Å². The van der Waals surface area contributed by atoms with Gasteiger partial charge in [-0.1, -0.05) is 62.5 Å². The zero-order valence-corrected chi connectivity index (χ0v) is 27.9. The molecule has 0 aliphatic heterocycles. The monoisotopic (exact) mass is 684 g/mol. The minimum atomic E-state index is -3.20. The van der Waals surface area contributed by atoms with Crippen molar-refractivity contribution in [2.45, 2.75) is 58.7 Å². The highest BCUT2D eigenvalue weighted by molar-refractivity contribution is 8.16. The lowest BCUT2D eigenvalue weighted by Crippen LogP contribution is -2.24. The summed E-state index contributed by atoms with van der Waals surface area (Å²) < 4.78 is 74.5. The van der Waals surface area contributed by atoms with Gasteiger partial charge < -0.3 is 9.47 Å². The Kier molecular flexibility index (Phi) is 10.5. The smallest absolute Gasteiger partial charge is 0.397 e. The molecule has 0 fully saturated rings. The van der Waals surface area contributed by atoms with Crippen LogP contribution in [0.4, 0.5) is 17.6 Å². The lowest BCUT2D eigenvalue weighted by molar-refractivity contribution is -0.181. The van der Waals surface area contributed by atoms with Gasteiger partial charge in [-0.3, -0.25) is 0 Å². The van der Waals surface area contributed by atoms with Crippen LogP contribution in [0.5, 0.6) is 11.5 Å². The number of rotatable bonds is 14. The first-order valence-electron chi connectivity index (χ1n) is 14.8. The van der Waals surface area contributed by atoms with Crippen LogP contribution < -0.4 is 9.47 Å². The normalized spacial score (nSPS) is 12.5. The van der Waals surface area contributed by atoms with Crippen LogP contribution in [0, 0.1) is 0 Å². The number of benzene rings is 3. The lowest BCUT2D eigenvalue weighted by atomic mass is 10.1. The van der Waals surface area contributed by atoms with Gasteiger partial charge in [0.2, 0.25) is 0 Å². The Morgan fingerprint density at radius 1 is 0.783 bits per heavy atom. The molecule has 3 aromatic carbocycles. The second kappa shape index (κ2) is 14.4. The Morgan fingerprint density at radius 3 is 1.93 bits per heavy atom. The van der Waals surface area contributed by atoms with E-state index >= 15 is 0 Å². The van der Waals surface area contributed by atoms with E-state index in [2.05, 4.69) is 15.3 Å². The van der Waals surface area contributed by atoms with E-state index in [1.807, 2.05) is 37.3 Å². The predicted molar refractivity (Wildman–Crippen MR) is 184 cm³/mol. The fraction of sp³-hybridized carbons (Fsp3) is 0.257. The zero-order chi connectivity index (χ0) is 32.9. The highest BCUT2D eigenvalue weighted by Gasteiger charge is 2.31. The van der Waals surface area contributed by atoms with Gasteiger partial charge in [-0.05, 0) is 79.4 Å². The number of allylic oxidation sites excluding steroid dienone is 1.